The number of nitrogens with zero attached hydrogens (tertiary/aromatic N) is 1. The van der Waals surface area contributed by atoms with Crippen molar-refractivity contribution in [2.75, 3.05) is 13.1 Å². The molecule has 0 unspecified atom stereocenters. The van der Waals surface area contributed by atoms with Crippen LogP contribution in [0, 0.1) is 0 Å². The summed E-state index contributed by atoms with van der Waals surface area (Å²) < 4.78 is 54.5. The second-order valence-corrected chi connectivity index (χ2v) is 13.2. The zero-order chi connectivity index (χ0) is 26.8. The number of carboxylic acids is 1. The van der Waals surface area contributed by atoms with Gasteiger partial charge in [-0.15, -0.1) is 0 Å². The summed E-state index contributed by atoms with van der Waals surface area (Å²) >= 11 is 5.86. The summed E-state index contributed by atoms with van der Waals surface area (Å²) in [5.74, 6) is -1.93. The van der Waals surface area contributed by atoms with Gasteiger partial charge in [0.2, 0.25) is 10.0 Å². The van der Waals surface area contributed by atoms with Crippen molar-refractivity contribution in [3.8, 4) is 0 Å². The Morgan fingerprint density at radius 3 is 1.89 bits per heavy atom. The van der Waals surface area contributed by atoms with E-state index in [2.05, 4.69) is 13.8 Å². The number of carbonyl (C=O) groups is 1. The fraction of sp³-hybridized carbons (Fsp3) is 0.500. The summed E-state index contributed by atoms with van der Waals surface area (Å²) in [6.07, 6.45) is 7.29. The molecule has 10 heteroatoms. The van der Waals surface area contributed by atoms with Gasteiger partial charge in [-0.25, -0.2) is 21.6 Å². The Balaban J connectivity index is 2.38. The highest BCUT2D eigenvalue weighted by Gasteiger charge is 2.29. The van der Waals surface area contributed by atoms with Gasteiger partial charge in [0, 0.05) is 18.1 Å². The van der Waals surface area contributed by atoms with Crippen molar-refractivity contribution in [1.82, 2.24) is 4.31 Å². The Labute approximate surface area is 220 Å². The van der Waals surface area contributed by atoms with Crippen LogP contribution in [-0.4, -0.2) is 45.3 Å². The zero-order valence-corrected chi connectivity index (χ0v) is 23.3. The third-order valence-electron chi connectivity index (χ3n) is 5.95. The molecule has 7 nitrogen and oxygen atoms in total. The molecule has 0 atom stereocenters. The molecule has 0 radical (unpaired) electrons. The normalized spacial score (nSPS) is 12.2. The first-order chi connectivity index (χ1) is 17.0. The molecule has 0 aliphatic carbocycles. The minimum absolute atomic E-state index is 0.212. The van der Waals surface area contributed by atoms with E-state index in [0.717, 1.165) is 50.7 Å². The quantitative estimate of drug-likeness (QED) is 0.247. The zero-order valence-electron chi connectivity index (χ0n) is 20.9. The van der Waals surface area contributed by atoms with Crippen molar-refractivity contribution in [2.45, 2.75) is 80.8 Å². The van der Waals surface area contributed by atoms with Gasteiger partial charge in [0.15, 0.2) is 9.84 Å². The highest BCUT2D eigenvalue weighted by Crippen LogP contribution is 2.27. The van der Waals surface area contributed by atoms with Crippen LogP contribution in [0.2, 0.25) is 5.02 Å². The molecular weight excluding hydrogens is 522 g/mol. The molecule has 0 bridgehead atoms. The van der Waals surface area contributed by atoms with Crippen LogP contribution in [0.3, 0.4) is 0 Å². The van der Waals surface area contributed by atoms with Gasteiger partial charge in [-0.05, 0) is 48.7 Å². The molecule has 0 saturated heterocycles. The Morgan fingerprint density at radius 2 is 1.39 bits per heavy atom. The molecule has 2 aromatic carbocycles. The summed E-state index contributed by atoms with van der Waals surface area (Å²) in [6.45, 7) is 4.84. The minimum atomic E-state index is -4.06. The first-order valence-electron chi connectivity index (χ1n) is 12.4. The molecule has 0 aromatic heterocycles. The maximum atomic E-state index is 13.5. The molecule has 36 heavy (non-hydrogen) atoms. The average Bonchev–Trinajstić information content (AvgIpc) is 2.83. The van der Waals surface area contributed by atoms with Crippen LogP contribution in [0.15, 0.2) is 52.3 Å². The maximum Gasteiger partial charge on any atom is 0.337 e. The van der Waals surface area contributed by atoms with E-state index in [1.807, 2.05) is 0 Å². The van der Waals surface area contributed by atoms with E-state index in [-0.39, 0.29) is 4.90 Å². The number of benzene rings is 2. The first kappa shape index (κ1) is 30.3. The monoisotopic (exact) mass is 557 g/mol. The molecule has 0 aliphatic heterocycles. The summed E-state index contributed by atoms with van der Waals surface area (Å²) in [6, 6.07) is 9.46. The van der Waals surface area contributed by atoms with E-state index >= 15 is 0 Å². The standard InChI is InChI=1S/C26H36ClNO6S2/c1-3-5-7-9-17-28(18-10-8-6-4-2)36(33,34)23-15-16-25(24(19-23)26(29)30)35(31,32)20-21-11-13-22(27)14-12-21/h11-16,19H,3-10,17-18,20H2,1-2H3,(H,29,30). The van der Waals surface area contributed by atoms with Crippen molar-refractivity contribution < 1.29 is 26.7 Å². The van der Waals surface area contributed by atoms with Gasteiger partial charge in [-0.2, -0.15) is 4.31 Å². The number of rotatable bonds is 16. The predicted molar refractivity (Wildman–Crippen MR) is 143 cm³/mol. The topological polar surface area (TPSA) is 109 Å². The molecule has 200 valence electrons. The highest BCUT2D eigenvalue weighted by atomic mass is 35.5. The van der Waals surface area contributed by atoms with Gasteiger partial charge >= 0.3 is 5.97 Å². The molecule has 1 N–H and O–H groups in total. The Morgan fingerprint density at radius 1 is 0.833 bits per heavy atom. The molecular formula is C26H36ClNO6S2. The first-order valence-corrected chi connectivity index (χ1v) is 15.8. The number of halogens is 1. The van der Waals surface area contributed by atoms with Crippen molar-refractivity contribution in [3.63, 3.8) is 0 Å². The number of hydrogen-bond donors (Lipinski definition) is 1. The number of sulfonamides is 1. The molecule has 2 aromatic rings. The van der Waals surface area contributed by atoms with E-state index in [9.17, 15) is 26.7 Å². The van der Waals surface area contributed by atoms with E-state index in [1.165, 1.54) is 10.4 Å². The molecule has 0 fully saturated rings. The lowest BCUT2D eigenvalue weighted by atomic mass is 10.2. The van der Waals surface area contributed by atoms with E-state index < -0.39 is 42.0 Å². The Hall–Kier alpha value is -1.94. The largest absolute Gasteiger partial charge is 0.478 e. The van der Waals surface area contributed by atoms with Crippen LogP contribution in [0.1, 0.15) is 81.1 Å². The molecule has 0 aliphatic rings. The molecule has 0 spiro atoms. The summed E-state index contributed by atoms with van der Waals surface area (Å²) in [7, 11) is -8.05. The highest BCUT2D eigenvalue weighted by molar-refractivity contribution is 7.90. The van der Waals surface area contributed by atoms with Crippen molar-refractivity contribution in [2.24, 2.45) is 0 Å². The van der Waals surface area contributed by atoms with Crippen molar-refractivity contribution in [3.05, 3.63) is 58.6 Å². The maximum absolute atomic E-state index is 13.5. The smallest absolute Gasteiger partial charge is 0.337 e. The fourth-order valence-corrected chi connectivity index (χ4v) is 7.13. The van der Waals surface area contributed by atoms with Gasteiger partial charge in [0.25, 0.3) is 0 Å². The van der Waals surface area contributed by atoms with Gasteiger partial charge in [0.1, 0.15) is 0 Å². The van der Waals surface area contributed by atoms with Crippen LogP contribution in [0.5, 0.6) is 0 Å². The van der Waals surface area contributed by atoms with Crippen molar-refractivity contribution in [1.29, 1.82) is 0 Å². The van der Waals surface area contributed by atoms with Gasteiger partial charge in [0.05, 0.1) is 21.1 Å². The predicted octanol–water partition coefficient (Wildman–Crippen LogP) is 6.16. The lowest BCUT2D eigenvalue weighted by Gasteiger charge is -2.23. The lowest BCUT2D eigenvalue weighted by Crippen LogP contribution is -2.33. The van der Waals surface area contributed by atoms with E-state index in [4.69, 9.17) is 11.6 Å². The fourth-order valence-electron chi connectivity index (χ4n) is 3.92. The molecule has 0 heterocycles. The van der Waals surface area contributed by atoms with Gasteiger partial charge < -0.3 is 5.11 Å². The Bertz CT molecular complexity index is 1200. The molecule has 2 rings (SSSR count). The number of carboxylic acid groups (broad SMARTS) is 1. The average molecular weight is 558 g/mol. The van der Waals surface area contributed by atoms with Crippen molar-refractivity contribution >= 4 is 37.4 Å². The van der Waals surface area contributed by atoms with Crippen LogP contribution < -0.4 is 0 Å². The number of hydrogen-bond acceptors (Lipinski definition) is 5. The van der Waals surface area contributed by atoms with Crippen LogP contribution >= 0.6 is 11.6 Å². The lowest BCUT2D eigenvalue weighted by molar-refractivity contribution is 0.0692. The van der Waals surface area contributed by atoms with Gasteiger partial charge in [-0.3, -0.25) is 0 Å². The van der Waals surface area contributed by atoms with Crippen LogP contribution in [0.4, 0.5) is 0 Å². The third kappa shape index (κ3) is 8.57. The minimum Gasteiger partial charge on any atom is -0.478 e. The second kappa shape index (κ2) is 14.1. The molecule has 0 saturated carbocycles. The number of sulfone groups is 1. The van der Waals surface area contributed by atoms with E-state index in [0.29, 0.717) is 36.5 Å². The third-order valence-corrected chi connectivity index (χ3v) is 9.83. The molecule has 0 amide bonds. The van der Waals surface area contributed by atoms with Crippen LogP contribution in [0.25, 0.3) is 0 Å². The number of aromatic carboxylic acids is 1. The second-order valence-electron chi connectivity index (χ2n) is 8.87. The Kier molecular flexibility index (Phi) is 11.9. The van der Waals surface area contributed by atoms with E-state index in [1.54, 1.807) is 24.3 Å². The summed E-state index contributed by atoms with van der Waals surface area (Å²) in [5.41, 5.74) is -0.111. The van der Waals surface area contributed by atoms with Crippen LogP contribution in [-0.2, 0) is 25.6 Å². The van der Waals surface area contributed by atoms with Gasteiger partial charge in [-0.1, -0.05) is 76.1 Å². The number of unbranched alkanes of at least 4 members (excludes halogenated alkanes) is 6. The SMILES string of the molecule is CCCCCCN(CCCCCC)S(=O)(=O)c1ccc(S(=O)(=O)Cc2ccc(Cl)cc2)c(C(=O)O)c1. The summed E-state index contributed by atoms with van der Waals surface area (Å²) in [5, 5.41) is 10.2. The summed E-state index contributed by atoms with van der Waals surface area (Å²) in [4.78, 5) is 11.4.